The molecule has 2 heterocycles. The molecule has 0 aromatic rings. The predicted molar refractivity (Wildman–Crippen MR) is 45.5 cm³/mol. The summed E-state index contributed by atoms with van der Waals surface area (Å²) in [5.74, 6) is 2.21. The fraction of sp³-hybridized carbons (Fsp3) is 1.00. The number of nitrogens with one attached hydrogen (secondary N) is 2. The topological polar surface area (TPSA) is 24.1 Å². The molecule has 58 valence electrons. The van der Waals surface area contributed by atoms with E-state index in [9.17, 15) is 0 Å². The lowest BCUT2D eigenvalue weighted by Crippen LogP contribution is -2.35. The molecule has 2 saturated heterocycles. The number of fused-ring (bicyclic) bond motifs is 1. The molecular formula is C7H14N2S. The van der Waals surface area contributed by atoms with Gasteiger partial charge in [0, 0.05) is 36.1 Å². The van der Waals surface area contributed by atoms with Crippen LogP contribution in [0.3, 0.4) is 0 Å². The third-order valence-corrected chi connectivity index (χ3v) is 4.08. The van der Waals surface area contributed by atoms with Crippen molar-refractivity contribution in [2.75, 3.05) is 25.9 Å². The monoisotopic (exact) mass is 158 g/mol. The zero-order chi connectivity index (χ0) is 6.97. The highest BCUT2D eigenvalue weighted by molar-refractivity contribution is 8.00. The van der Waals surface area contributed by atoms with Crippen molar-refractivity contribution in [3.63, 3.8) is 0 Å². The first-order valence-corrected chi connectivity index (χ1v) is 4.96. The molecule has 0 saturated carbocycles. The molecule has 2 aliphatic rings. The molecule has 3 heteroatoms. The van der Waals surface area contributed by atoms with Gasteiger partial charge in [-0.2, -0.15) is 11.8 Å². The Labute approximate surface area is 66.1 Å². The minimum absolute atomic E-state index is 0.769. The van der Waals surface area contributed by atoms with E-state index >= 15 is 0 Å². The molecule has 10 heavy (non-hydrogen) atoms. The van der Waals surface area contributed by atoms with Crippen molar-refractivity contribution in [1.29, 1.82) is 0 Å². The Balaban J connectivity index is 2.01. The first kappa shape index (κ1) is 6.95. The molecule has 0 radical (unpaired) electrons. The second-order valence-electron chi connectivity index (χ2n) is 3.09. The van der Waals surface area contributed by atoms with Gasteiger partial charge in [-0.05, 0) is 7.05 Å². The van der Waals surface area contributed by atoms with Gasteiger partial charge >= 0.3 is 0 Å². The van der Waals surface area contributed by atoms with E-state index in [2.05, 4.69) is 29.4 Å². The molecule has 3 unspecified atom stereocenters. The van der Waals surface area contributed by atoms with E-state index in [0.717, 1.165) is 17.2 Å². The third-order valence-electron chi connectivity index (χ3n) is 2.58. The van der Waals surface area contributed by atoms with Crippen molar-refractivity contribution >= 4 is 11.8 Å². The summed E-state index contributed by atoms with van der Waals surface area (Å²) < 4.78 is 0. The zero-order valence-corrected chi connectivity index (χ0v) is 7.08. The molecule has 2 aliphatic heterocycles. The Hall–Kier alpha value is 0.270. The first-order chi connectivity index (χ1) is 4.92. The van der Waals surface area contributed by atoms with Gasteiger partial charge in [-0.1, -0.05) is 0 Å². The Kier molecular flexibility index (Phi) is 1.89. The summed E-state index contributed by atoms with van der Waals surface area (Å²) in [6.07, 6.45) is 0. The van der Waals surface area contributed by atoms with Gasteiger partial charge < -0.3 is 10.6 Å². The van der Waals surface area contributed by atoms with Crippen LogP contribution in [0.1, 0.15) is 0 Å². The summed E-state index contributed by atoms with van der Waals surface area (Å²) in [5.41, 5.74) is 0. The van der Waals surface area contributed by atoms with Crippen molar-refractivity contribution in [3.05, 3.63) is 0 Å². The second-order valence-corrected chi connectivity index (χ2v) is 4.36. The average molecular weight is 158 g/mol. The van der Waals surface area contributed by atoms with Gasteiger partial charge in [0.25, 0.3) is 0 Å². The Morgan fingerprint density at radius 2 is 2.40 bits per heavy atom. The van der Waals surface area contributed by atoms with Crippen molar-refractivity contribution in [2.24, 2.45) is 5.92 Å². The predicted octanol–water partition coefficient (Wildman–Crippen LogP) is -0.0908. The van der Waals surface area contributed by atoms with Crippen LogP contribution < -0.4 is 10.6 Å². The maximum atomic E-state index is 3.43. The van der Waals surface area contributed by atoms with Crippen LogP contribution in [0, 0.1) is 5.92 Å². The van der Waals surface area contributed by atoms with Gasteiger partial charge in [-0.25, -0.2) is 0 Å². The van der Waals surface area contributed by atoms with Gasteiger partial charge in [0.15, 0.2) is 0 Å². The average Bonchev–Trinajstić information content (AvgIpc) is 2.44. The van der Waals surface area contributed by atoms with Gasteiger partial charge in [-0.3, -0.25) is 0 Å². The molecule has 0 aromatic carbocycles. The van der Waals surface area contributed by atoms with Crippen LogP contribution in [-0.4, -0.2) is 37.2 Å². The van der Waals surface area contributed by atoms with E-state index in [1.165, 1.54) is 18.8 Å². The van der Waals surface area contributed by atoms with Crippen LogP contribution in [0.2, 0.25) is 0 Å². The van der Waals surface area contributed by atoms with Crippen LogP contribution in [0.15, 0.2) is 0 Å². The van der Waals surface area contributed by atoms with E-state index in [4.69, 9.17) is 0 Å². The molecule has 2 nitrogen and oxygen atoms in total. The summed E-state index contributed by atoms with van der Waals surface area (Å²) in [7, 11) is 2.08. The van der Waals surface area contributed by atoms with E-state index in [1.54, 1.807) is 0 Å². The first-order valence-electron chi connectivity index (χ1n) is 3.91. The number of thioether (sulfide) groups is 1. The fourth-order valence-electron chi connectivity index (χ4n) is 1.91. The molecule has 3 atom stereocenters. The van der Waals surface area contributed by atoms with Gasteiger partial charge in [0.1, 0.15) is 0 Å². The zero-order valence-electron chi connectivity index (χ0n) is 6.26. The van der Waals surface area contributed by atoms with Gasteiger partial charge in [0.2, 0.25) is 0 Å². The largest absolute Gasteiger partial charge is 0.316 e. The van der Waals surface area contributed by atoms with E-state index in [1.807, 2.05) is 0 Å². The Morgan fingerprint density at radius 1 is 1.50 bits per heavy atom. The minimum Gasteiger partial charge on any atom is -0.316 e. The number of hydrogen-bond donors (Lipinski definition) is 2. The molecule has 2 N–H and O–H groups in total. The summed E-state index contributed by atoms with van der Waals surface area (Å²) in [5, 5.41) is 7.70. The Bertz CT molecular complexity index is 129. The summed E-state index contributed by atoms with van der Waals surface area (Å²) in [4.78, 5) is 0. The molecule has 0 bridgehead atoms. The molecular weight excluding hydrogens is 144 g/mol. The number of rotatable bonds is 1. The number of hydrogen-bond acceptors (Lipinski definition) is 3. The highest BCUT2D eigenvalue weighted by atomic mass is 32.2. The summed E-state index contributed by atoms with van der Waals surface area (Å²) >= 11 is 2.12. The SMILES string of the molecule is CNC1CSC2CNCC12. The van der Waals surface area contributed by atoms with Gasteiger partial charge in [0.05, 0.1) is 0 Å². The lowest BCUT2D eigenvalue weighted by molar-refractivity contribution is 0.457. The lowest BCUT2D eigenvalue weighted by atomic mass is 10.0. The van der Waals surface area contributed by atoms with Crippen molar-refractivity contribution in [1.82, 2.24) is 10.6 Å². The van der Waals surface area contributed by atoms with Crippen molar-refractivity contribution < 1.29 is 0 Å². The molecule has 0 aliphatic carbocycles. The van der Waals surface area contributed by atoms with Crippen LogP contribution in [0.25, 0.3) is 0 Å². The van der Waals surface area contributed by atoms with E-state index < -0.39 is 0 Å². The van der Waals surface area contributed by atoms with Crippen LogP contribution in [0.4, 0.5) is 0 Å². The smallest absolute Gasteiger partial charge is 0.0228 e. The minimum atomic E-state index is 0.769. The summed E-state index contributed by atoms with van der Waals surface area (Å²) in [6, 6.07) is 0.769. The molecule has 2 fully saturated rings. The normalized spacial score (nSPS) is 45.9. The molecule has 0 aromatic heterocycles. The van der Waals surface area contributed by atoms with Crippen LogP contribution >= 0.6 is 11.8 Å². The molecule has 0 spiro atoms. The summed E-state index contributed by atoms with van der Waals surface area (Å²) in [6.45, 7) is 2.46. The third kappa shape index (κ3) is 0.966. The quantitative estimate of drug-likeness (QED) is 0.558. The maximum absolute atomic E-state index is 3.43. The van der Waals surface area contributed by atoms with E-state index in [0.29, 0.717) is 0 Å². The molecule has 0 amide bonds. The second kappa shape index (κ2) is 2.72. The Morgan fingerprint density at radius 3 is 3.20 bits per heavy atom. The van der Waals surface area contributed by atoms with Crippen LogP contribution in [-0.2, 0) is 0 Å². The van der Waals surface area contributed by atoms with Crippen molar-refractivity contribution in [3.8, 4) is 0 Å². The lowest BCUT2D eigenvalue weighted by Gasteiger charge is -2.14. The standard InChI is InChI=1S/C7H14N2S/c1-8-6-4-10-7-3-9-2-5(6)7/h5-9H,2-4H2,1H3. The molecule has 2 rings (SSSR count). The van der Waals surface area contributed by atoms with Crippen molar-refractivity contribution in [2.45, 2.75) is 11.3 Å². The maximum Gasteiger partial charge on any atom is 0.0228 e. The van der Waals surface area contributed by atoms with Crippen LogP contribution in [0.5, 0.6) is 0 Å². The van der Waals surface area contributed by atoms with Gasteiger partial charge in [-0.15, -0.1) is 0 Å². The highest BCUT2D eigenvalue weighted by Gasteiger charge is 2.38. The highest BCUT2D eigenvalue weighted by Crippen LogP contribution is 2.34. The fourth-order valence-corrected chi connectivity index (χ4v) is 3.54. The van der Waals surface area contributed by atoms with E-state index in [-0.39, 0.29) is 0 Å².